The highest BCUT2D eigenvalue weighted by molar-refractivity contribution is 5.99. The number of hydrogen-bond acceptors (Lipinski definition) is 6. The minimum Gasteiger partial charge on any atom is -0.490 e. The molecular formula is C28H33NO6. The summed E-state index contributed by atoms with van der Waals surface area (Å²) >= 11 is 0. The Morgan fingerprint density at radius 1 is 1.00 bits per heavy atom. The van der Waals surface area contributed by atoms with E-state index < -0.39 is 6.04 Å². The van der Waals surface area contributed by atoms with E-state index in [4.69, 9.17) is 18.6 Å². The molecule has 0 bridgehead atoms. The van der Waals surface area contributed by atoms with E-state index in [1.807, 2.05) is 65.0 Å². The molecule has 4 rings (SSSR count). The molecular weight excluding hydrogens is 446 g/mol. The molecule has 3 aromatic rings. The maximum Gasteiger partial charge on any atom is 0.290 e. The van der Waals surface area contributed by atoms with Crippen LogP contribution in [-0.4, -0.2) is 43.3 Å². The van der Waals surface area contributed by atoms with Crippen LogP contribution in [0.4, 0.5) is 0 Å². The summed E-state index contributed by atoms with van der Waals surface area (Å²) in [5, 5.41) is 0.475. The Balaban J connectivity index is 1.84. The van der Waals surface area contributed by atoms with Crippen molar-refractivity contribution in [3.05, 3.63) is 69.1 Å². The molecule has 0 radical (unpaired) electrons. The van der Waals surface area contributed by atoms with Gasteiger partial charge in [-0.1, -0.05) is 17.7 Å². The molecule has 2 heterocycles. The van der Waals surface area contributed by atoms with Crippen molar-refractivity contribution in [2.24, 2.45) is 0 Å². The van der Waals surface area contributed by atoms with Crippen molar-refractivity contribution in [3.63, 3.8) is 0 Å². The Morgan fingerprint density at radius 3 is 2.46 bits per heavy atom. The average molecular weight is 480 g/mol. The van der Waals surface area contributed by atoms with Gasteiger partial charge in [0.1, 0.15) is 5.58 Å². The van der Waals surface area contributed by atoms with Crippen LogP contribution in [0.3, 0.4) is 0 Å². The largest absolute Gasteiger partial charge is 0.490 e. The summed E-state index contributed by atoms with van der Waals surface area (Å²) in [4.78, 5) is 29.0. The van der Waals surface area contributed by atoms with E-state index in [9.17, 15) is 9.59 Å². The van der Waals surface area contributed by atoms with E-state index in [2.05, 4.69) is 0 Å². The van der Waals surface area contributed by atoms with Crippen molar-refractivity contribution in [2.75, 3.05) is 26.4 Å². The number of ether oxygens (including phenoxy) is 3. The number of fused-ring (bicyclic) bond motifs is 2. The van der Waals surface area contributed by atoms with Gasteiger partial charge in [0.05, 0.1) is 36.3 Å². The van der Waals surface area contributed by atoms with Gasteiger partial charge in [-0.2, -0.15) is 0 Å². The van der Waals surface area contributed by atoms with Crippen molar-refractivity contribution in [1.29, 1.82) is 0 Å². The Bertz CT molecular complexity index is 1280. The fraction of sp³-hybridized carbons (Fsp3) is 0.429. The molecule has 1 aliphatic rings. The summed E-state index contributed by atoms with van der Waals surface area (Å²) in [6, 6.07) is 10.4. The van der Waals surface area contributed by atoms with Crippen LogP contribution in [0, 0.1) is 6.92 Å². The fourth-order valence-electron chi connectivity index (χ4n) is 4.50. The second kappa shape index (κ2) is 10.5. The third-order valence-corrected chi connectivity index (χ3v) is 6.00. The number of amides is 1. The Labute approximate surface area is 205 Å². The molecule has 2 aromatic carbocycles. The molecule has 1 atom stereocenters. The molecule has 186 valence electrons. The van der Waals surface area contributed by atoms with E-state index >= 15 is 0 Å². The summed E-state index contributed by atoms with van der Waals surface area (Å²) in [5.74, 6) is 1.02. The van der Waals surface area contributed by atoms with Crippen LogP contribution in [0.25, 0.3) is 11.0 Å². The Kier molecular flexibility index (Phi) is 7.45. The smallest absolute Gasteiger partial charge is 0.290 e. The van der Waals surface area contributed by atoms with Gasteiger partial charge in [-0.15, -0.1) is 0 Å². The summed E-state index contributed by atoms with van der Waals surface area (Å²) in [6.07, 6.45) is 0.741. The molecule has 0 saturated carbocycles. The molecule has 1 aromatic heterocycles. The number of nitrogens with zero attached hydrogens (tertiary/aromatic N) is 1. The third kappa shape index (κ3) is 4.91. The highest BCUT2D eigenvalue weighted by Crippen LogP contribution is 2.41. The summed E-state index contributed by atoms with van der Waals surface area (Å²) in [7, 11) is 0. The number of hydrogen-bond donors (Lipinski definition) is 0. The van der Waals surface area contributed by atoms with Crippen LogP contribution in [0.15, 0.2) is 45.6 Å². The molecule has 1 aliphatic heterocycles. The zero-order valence-electron chi connectivity index (χ0n) is 21.1. The van der Waals surface area contributed by atoms with E-state index in [-0.39, 0.29) is 23.2 Å². The van der Waals surface area contributed by atoms with E-state index in [0.29, 0.717) is 60.8 Å². The van der Waals surface area contributed by atoms with Gasteiger partial charge < -0.3 is 23.5 Å². The molecule has 0 aliphatic carbocycles. The quantitative estimate of drug-likeness (QED) is 0.369. The van der Waals surface area contributed by atoms with Crippen LogP contribution >= 0.6 is 0 Å². The number of benzene rings is 2. The maximum atomic E-state index is 13.7. The second-order valence-corrected chi connectivity index (χ2v) is 8.92. The maximum absolute atomic E-state index is 13.7. The number of carbonyl (C=O) groups is 1. The van der Waals surface area contributed by atoms with Crippen molar-refractivity contribution < 1.29 is 23.4 Å². The van der Waals surface area contributed by atoms with Gasteiger partial charge in [0.25, 0.3) is 5.91 Å². The van der Waals surface area contributed by atoms with Crippen LogP contribution in [0.2, 0.25) is 0 Å². The highest BCUT2D eigenvalue weighted by Gasteiger charge is 2.42. The minimum atomic E-state index is -0.590. The predicted molar refractivity (Wildman–Crippen MR) is 135 cm³/mol. The van der Waals surface area contributed by atoms with Crippen LogP contribution in [-0.2, 0) is 4.74 Å². The first kappa shape index (κ1) is 24.8. The fourth-order valence-corrected chi connectivity index (χ4v) is 4.50. The summed E-state index contributed by atoms with van der Waals surface area (Å²) in [5.41, 5.74) is 2.32. The molecule has 0 N–H and O–H groups in total. The van der Waals surface area contributed by atoms with Crippen LogP contribution in [0.5, 0.6) is 11.5 Å². The summed E-state index contributed by atoms with van der Waals surface area (Å²) < 4.78 is 23.3. The third-order valence-electron chi connectivity index (χ3n) is 6.00. The highest BCUT2D eigenvalue weighted by atomic mass is 16.5. The van der Waals surface area contributed by atoms with Crippen LogP contribution in [0.1, 0.15) is 67.4 Å². The van der Waals surface area contributed by atoms with Gasteiger partial charge in [-0.05, 0) is 70.9 Å². The van der Waals surface area contributed by atoms with Crippen molar-refractivity contribution in [1.82, 2.24) is 4.90 Å². The minimum absolute atomic E-state index is 0.105. The lowest BCUT2D eigenvalue weighted by Gasteiger charge is -2.26. The lowest BCUT2D eigenvalue weighted by atomic mass is 9.97. The first-order chi connectivity index (χ1) is 16.8. The number of aryl methyl sites for hydroxylation is 1. The lowest BCUT2D eigenvalue weighted by Crippen LogP contribution is -2.31. The second-order valence-electron chi connectivity index (χ2n) is 8.92. The number of rotatable bonds is 10. The van der Waals surface area contributed by atoms with E-state index in [0.717, 1.165) is 11.1 Å². The SMILES string of the molecule is CCOc1ccc(C2c3c(oc4ccc(C)cc4c3=O)C(=O)N2CCCOC(C)C)cc1OCC. The number of carbonyl (C=O) groups excluding carboxylic acids is 1. The zero-order chi connectivity index (χ0) is 25.1. The molecule has 0 saturated heterocycles. The van der Waals surface area contributed by atoms with Gasteiger partial charge in [-0.3, -0.25) is 9.59 Å². The standard InChI is InChI=1S/C28H33NO6/c1-6-32-22-12-10-19(16-23(22)33-7-2)25-24-26(30)20-15-18(5)9-11-21(20)35-27(24)28(31)29(25)13-8-14-34-17(3)4/h9-12,15-17,25H,6-8,13-14H2,1-5H3. The van der Waals surface area contributed by atoms with Crippen molar-refractivity contribution >= 4 is 16.9 Å². The molecule has 1 unspecified atom stereocenters. The van der Waals surface area contributed by atoms with Crippen molar-refractivity contribution in [2.45, 2.75) is 53.2 Å². The molecule has 7 nitrogen and oxygen atoms in total. The van der Waals surface area contributed by atoms with E-state index in [1.54, 1.807) is 11.0 Å². The predicted octanol–water partition coefficient (Wildman–Crippen LogP) is 5.26. The summed E-state index contributed by atoms with van der Waals surface area (Å²) in [6.45, 7) is 11.6. The molecule has 1 amide bonds. The van der Waals surface area contributed by atoms with Gasteiger partial charge in [0.15, 0.2) is 16.9 Å². The van der Waals surface area contributed by atoms with Gasteiger partial charge in [0, 0.05) is 13.2 Å². The monoisotopic (exact) mass is 479 g/mol. The normalized spacial score (nSPS) is 15.2. The molecule has 7 heteroatoms. The van der Waals surface area contributed by atoms with E-state index in [1.165, 1.54) is 0 Å². The van der Waals surface area contributed by atoms with Crippen LogP contribution < -0.4 is 14.9 Å². The zero-order valence-corrected chi connectivity index (χ0v) is 21.1. The average Bonchev–Trinajstić information content (AvgIpc) is 3.10. The first-order valence-electron chi connectivity index (χ1n) is 12.2. The van der Waals surface area contributed by atoms with Gasteiger partial charge in [-0.25, -0.2) is 0 Å². The van der Waals surface area contributed by atoms with Gasteiger partial charge in [0.2, 0.25) is 5.76 Å². The first-order valence-corrected chi connectivity index (χ1v) is 12.2. The topological polar surface area (TPSA) is 78.2 Å². The van der Waals surface area contributed by atoms with Gasteiger partial charge >= 0.3 is 0 Å². The molecule has 35 heavy (non-hydrogen) atoms. The lowest BCUT2D eigenvalue weighted by molar-refractivity contribution is 0.0593. The Hall–Kier alpha value is -3.32. The molecule has 0 spiro atoms. The van der Waals surface area contributed by atoms with Crippen molar-refractivity contribution in [3.8, 4) is 11.5 Å². The Morgan fingerprint density at radius 2 is 1.74 bits per heavy atom. The molecule has 0 fully saturated rings.